The molecular weight excluding hydrogens is 282 g/mol. The Bertz CT molecular complexity index is 451. The largest absolute Gasteiger partial charge is 0.390 e. The van der Waals surface area contributed by atoms with Crippen LogP contribution in [0.3, 0.4) is 0 Å². The Balaban J connectivity index is 1.52. The van der Waals surface area contributed by atoms with E-state index in [1.54, 1.807) is 0 Å². The molecule has 0 amide bonds. The molecule has 0 aromatic rings. The molecule has 2 heteroatoms. The van der Waals surface area contributed by atoms with Crippen LogP contribution in [0, 0.1) is 35.0 Å². The van der Waals surface area contributed by atoms with Crippen molar-refractivity contribution < 1.29 is 5.11 Å². The van der Waals surface area contributed by atoms with Crippen LogP contribution in [-0.4, -0.2) is 23.8 Å². The monoisotopic (exact) mass is 319 g/mol. The summed E-state index contributed by atoms with van der Waals surface area (Å²) >= 11 is 0. The van der Waals surface area contributed by atoms with Crippen LogP contribution >= 0.6 is 0 Å². The van der Waals surface area contributed by atoms with Crippen molar-refractivity contribution >= 4 is 0 Å². The van der Waals surface area contributed by atoms with Gasteiger partial charge in [-0.25, -0.2) is 0 Å². The van der Waals surface area contributed by atoms with Crippen LogP contribution < -0.4 is 5.32 Å². The van der Waals surface area contributed by atoms with Crippen LogP contribution in [-0.2, 0) is 0 Å². The Morgan fingerprint density at radius 2 is 1.74 bits per heavy atom. The number of fused-ring (bicyclic) bond motifs is 5. The summed E-state index contributed by atoms with van der Waals surface area (Å²) in [5.41, 5.74) is 0.226. The molecule has 4 fully saturated rings. The predicted molar refractivity (Wildman–Crippen MR) is 95.2 cm³/mol. The average molecular weight is 320 g/mol. The lowest BCUT2D eigenvalue weighted by Crippen LogP contribution is -2.52. The Labute approximate surface area is 142 Å². The highest BCUT2D eigenvalue weighted by Gasteiger charge is 2.57. The second-order valence-corrected chi connectivity index (χ2v) is 9.72. The van der Waals surface area contributed by atoms with E-state index in [9.17, 15) is 5.11 Å². The molecule has 2 N–H and O–H groups in total. The summed E-state index contributed by atoms with van der Waals surface area (Å²) in [6.07, 6.45) is 13.0. The maximum atomic E-state index is 10.8. The zero-order chi connectivity index (χ0) is 16.2. The highest BCUT2D eigenvalue weighted by Crippen LogP contribution is 2.63. The van der Waals surface area contributed by atoms with Gasteiger partial charge in [0.2, 0.25) is 0 Å². The van der Waals surface area contributed by atoms with Crippen molar-refractivity contribution in [2.24, 2.45) is 35.0 Å². The molecule has 0 aliphatic heterocycles. The molecule has 4 aliphatic rings. The van der Waals surface area contributed by atoms with Crippen LogP contribution in [0.25, 0.3) is 0 Å². The van der Waals surface area contributed by atoms with E-state index in [-0.39, 0.29) is 5.60 Å². The molecule has 4 aliphatic carbocycles. The second kappa shape index (κ2) is 5.73. The van der Waals surface area contributed by atoms with E-state index >= 15 is 0 Å². The molecule has 0 aromatic heterocycles. The lowest BCUT2D eigenvalue weighted by Gasteiger charge is -2.57. The molecule has 0 heterocycles. The highest BCUT2D eigenvalue weighted by atomic mass is 16.3. The van der Waals surface area contributed by atoms with Crippen LogP contribution in [0.5, 0.6) is 0 Å². The molecule has 8 atom stereocenters. The van der Waals surface area contributed by atoms with Crippen LogP contribution in [0.1, 0.15) is 78.1 Å². The number of hydrogen-bond acceptors (Lipinski definition) is 2. The minimum absolute atomic E-state index is 0.332. The zero-order valence-corrected chi connectivity index (χ0v) is 15.5. The van der Waals surface area contributed by atoms with Gasteiger partial charge < -0.3 is 10.4 Å². The van der Waals surface area contributed by atoms with Gasteiger partial charge in [-0.2, -0.15) is 0 Å². The first-order valence-corrected chi connectivity index (χ1v) is 10.4. The predicted octanol–water partition coefficient (Wildman–Crippen LogP) is 4.37. The van der Waals surface area contributed by atoms with E-state index in [0.29, 0.717) is 5.41 Å². The summed E-state index contributed by atoms with van der Waals surface area (Å²) in [4.78, 5) is 0. The second-order valence-electron chi connectivity index (χ2n) is 9.72. The topological polar surface area (TPSA) is 32.3 Å². The molecule has 0 spiro atoms. The van der Waals surface area contributed by atoms with Crippen molar-refractivity contribution in [3.63, 3.8) is 0 Å². The summed E-state index contributed by atoms with van der Waals surface area (Å²) in [7, 11) is 2.17. The van der Waals surface area contributed by atoms with Gasteiger partial charge in [0.25, 0.3) is 0 Å². The van der Waals surface area contributed by atoms with Gasteiger partial charge in [0.05, 0.1) is 5.60 Å². The molecule has 132 valence electrons. The Morgan fingerprint density at radius 1 is 0.957 bits per heavy atom. The zero-order valence-electron chi connectivity index (χ0n) is 15.5. The maximum Gasteiger partial charge on any atom is 0.0648 e. The Morgan fingerprint density at radius 3 is 2.48 bits per heavy atom. The van der Waals surface area contributed by atoms with Gasteiger partial charge in [-0.15, -0.1) is 0 Å². The Hall–Kier alpha value is -0.0800. The molecule has 4 saturated carbocycles. The fourth-order valence-corrected chi connectivity index (χ4v) is 7.76. The molecule has 1 unspecified atom stereocenters. The summed E-state index contributed by atoms with van der Waals surface area (Å²) in [5.74, 6) is 4.68. The molecule has 0 saturated heterocycles. The Kier molecular flexibility index (Phi) is 4.08. The summed E-state index contributed by atoms with van der Waals surface area (Å²) < 4.78 is 0. The summed E-state index contributed by atoms with van der Waals surface area (Å²) in [6, 6.07) is 0.753. The van der Waals surface area contributed by atoms with Gasteiger partial charge in [0.1, 0.15) is 0 Å². The lowest BCUT2D eigenvalue weighted by molar-refractivity contribution is -0.104. The van der Waals surface area contributed by atoms with Gasteiger partial charge in [0.15, 0.2) is 0 Å². The van der Waals surface area contributed by atoms with E-state index in [2.05, 4.69) is 26.2 Å². The van der Waals surface area contributed by atoms with Crippen LogP contribution in [0.2, 0.25) is 0 Å². The minimum atomic E-state index is -0.332. The van der Waals surface area contributed by atoms with E-state index in [4.69, 9.17) is 0 Å². The van der Waals surface area contributed by atoms with Crippen LogP contribution in [0.4, 0.5) is 0 Å². The van der Waals surface area contributed by atoms with Crippen molar-refractivity contribution in [3.8, 4) is 0 Å². The normalized spacial score (nSPS) is 55.8. The molecule has 4 rings (SSSR count). The SMILES string of the molecule is CC[C@@]1(O)CC[C@H]2[C@@H](CC[C@@H]3[C@@H]2CC[C@]2(C)C(NC)CC[C@@H]32)C1. The summed E-state index contributed by atoms with van der Waals surface area (Å²) in [5, 5.41) is 14.4. The number of hydrogen-bond donors (Lipinski definition) is 2. The molecule has 0 bridgehead atoms. The first-order valence-electron chi connectivity index (χ1n) is 10.4. The third-order valence-electron chi connectivity index (χ3n) is 9.11. The van der Waals surface area contributed by atoms with E-state index in [0.717, 1.165) is 54.9 Å². The quantitative estimate of drug-likeness (QED) is 0.792. The molecule has 0 aromatic carbocycles. The van der Waals surface area contributed by atoms with Gasteiger partial charge >= 0.3 is 0 Å². The van der Waals surface area contributed by atoms with Crippen LogP contribution in [0.15, 0.2) is 0 Å². The smallest absolute Gasteiger partial charge is 0.0648 e. The molecule has 2 nitrogen and oxygen atoms in total. The van der Waals surface area contributed by atoms with Crippen molar-refractivity contribution in [1.29, 1.82) is 0 Å². The maximum absolute atomic E-state index is 10.8. The first kappa shape index (κ1) is 16.4. The highest BCUT2D eigenvalue weighted by molar-refractivity contribution is 5.08. The van der Waals surface area contributed by atoms with Crippen molar-refractivity contribution in [3.05, 3.63) is 0 Å². The number of aliphatic hydroxyl groups is 1. The fraction of sp³-hybridized carbons (Fsp3) is 1.00. The summed E-state index contributed by atoms with van der Waals surface area (Å²) in [6.45, 7) is 4.76. The number of rotatable bonds is 2. The molecule has 23 heavy (non-hydrogen) atoms. The average Bonchev–Trinajstić information content (AvgIpc) is 2.90. The van der Waals surface area contributed by atoms with E-state index in [1.807, 2.05) is 0 Å². The standard InChI is InChI=1S/C21H37NO/c1-4-21(23)12-10-15-14(13-21)5-6-17-16(15)9-11-20(2)18(17)7-8-19(20)22-3/h14-19,22-23H,4-13H2,1-3H3/t14-,15-,16+,17+,18-,19?,20-,21+/m0/s1. The first-order chi connectivity index (χ1) is 11.0. The molecular formula is C21H37NO. The van der Waals surface area contributed by atoms with E-state index < -0.39 is 0 Å². The fourth-order valence-electron chi connectivity index (χ4n) is 7.76. The lowest BCUT2D eigenvalue weighted by atomic mass is 9.49. The third-order valence-corrected chi connectivity index (χ3v) is 9.11. The van der Waals surface area contributed by atoms with E-state index in [1.165, 1.54) is 44.9 Å². The van der Waals surface area contributed by atoms with Gasteiger partial charge in [-0.3, -0.25) is 0 Å². The molecule has 0 radical (unpaired) electrons. The minimum Gasteiger partial charge on any atom is -0.390 e. The third kappa shape index (κ3) is 2.42. The van der Waals surface area contributed by atoms with Gasteiger partial charge in [0, 0.05) is 6.04 Å². The number of nitrogens with one attached hydrogen (secondary N) is 1. The van der Waals surface area contributed by atoms with Crippen molar-refractivity contribution in [2.75, 3.05) is 7.05 Å². The van der Waals surface area contributed by atoms with Crippen molar-refractivity contribution in [1.82, 2.24) is 5.32 Å². The van der Waals surface area contributed by atoms with Crippen molar-refractivity contribution in [2.45, 2.75) is 89.7 Å². The van der Waals surface area contributed by atoms with Gasteiger partial charge in [-0.05, 0) is 106 Å². The van der Waals surface area contributed by atoms with Gasteiger partial charge in [-0.1, -0.05) is 13.8 Å².